The third-order valence-electron chi connectivity index (χ3n) is 0.236. The average Bonchev–Trinajstić information content (AvgIpc) is 1.68. The Kier molecular flexibility index (Phi) is 1.47. The third-order valence-corrected chi connectivity index (χ3v) is 0.236. The fourth-order valence-corrected chi connectivity index (χ4v) is 0.0645. The second-order valence-corrected chi connectivity index (χ2v) is 0.566. The minimum atomic E-state index is -1.60. The van der Waals surface area contributed by atoms with Crippen LogP contribution >= 0.6 is 0 Å². The molecule has 0 aliphatic heterocycles. The van der Waals surface area contributed by atoms with E-state index in [2.05, 4.69) is 6.58 Å². The van der Waals surface area contributed by atoms with Gasteiger partial charge in [0.2, 0.25) is 0 Å². The maximum absolute atomic E-state index is 8.15. The molecule has 0 rings (SSSR count). The van der Waals surface area contributed by atoms with Crippen molar-refractivity contribution in [2.75, 3.05) is 6.61 Å². The molecule has 0 heterocycles. The van der Waals surface area contributed by atoms with Crippen LogP contribution in [0.4, 0.5) is 0 Å². The van der Waals surface area contributed by atoms with Crippen LogP contribution in [0.1, 0.15) is 9.11 Å². The molecule has 0 saturated heterocycles. The normalized spacial score (nSPS) is 16.2. The highest BCUT2D eigenvalue weighted by Crippen LogP contribution is 1.69. The minimum absolute atomic E-state index is 0.490. The van der Waals surface area contributed by atoms with Crippen LogP contribution in [-0.4, -0.2) is 11.7 Å². The Hall–Kier alpha value is -0.300. The van der Waals surface area contributed by atoms with Crippen molar-refractivity contribution in [1.29, 1.82) is 0 Å². The van der Waals surface area contributed by atoms with E-state index in [1.807, 2.05) is 0 Å². The summed E-state index contributed by atoms with van der Waals surface area (Å²) in [7, 11) is 0. The van der Waals surface area contributed by atoms with Crippen LogP contribution in [0.2, 0.25) is 0 Å². The summed E-state index contributed by atoms with van der Waals surface area (Å²) in [5.41, 5.74) is 0. The van der Waals surface area contributed by atoms with Crippen LogP contribution < -0.4 is 0 Å². The summed E-state index contributed by atoms with van der Waals surface area (Å²) in [5.74, 6) is 0. The molecule has 0 aromatic carbocycles. The molecule has 0 aromatic rings. The standard InChI is InChI=1S/C4H8O/c1-2-3-4-5/h2,5H,1,3-4H2/i3D2. The number of aliphatic hydroxyl groups is 1. The molecule has 1 heteroatoms. The summed E-state index contributed by atoms with van der Waals surface area (Å²) in [6.07, 6.45) is -0.521. The monoisotopic (exact) mass is 74.1 g/mol. The Morgan fingerprint density at radius 3 is 2.80 bits per heavy atom. The van der Waals surface area contributed by atoms with E-state index in [9.17, 15) is 0 Å². The summed E-state index contributed by atoms with van der Waals surface area (Å²) < 4.78 is 13.4. The summed E-state index contributed by atoms with van der Waals surface area (Å²) in [6, 6.07) is 0. The molecule has 0 atom stereocenters. The molecule has 0 bridgehead atoms. The Bertz CT molecular complexity index is 70.1. The average molecular weight is 74.1 g/mol. The zero-order valence-corrected chi connectivity index (χ0v) is 2.94. The molecular weight excluding hydrogens is 64.0 g/mol. The van der Waals surface area contributed by atoms with Crippen molar-refractivity contribution in [3.63, 3.8) is 0 Å². The van der Waals surface area contributed by atoms with E-state index in [1.165, 1.54) is 0 Å². The van der Waals surface area contributed by atoms with Gasteiger partial charge in [-0.1, -0.05) is 6.08 Å². The van der Waals surface area contributed by atoms with Gasteiger partial charge in [-0.25, -0.2) is 0 Å². The van der Waals surface area contributed by atoms with Gasteiger partial charge in [-0.2, -0.15) is 0 Å². The lowest BCUT2D eigenvalue weighted by Gasteiger charge is -1.73. The number of hydrogen-bond donors (Lipinski definition) is 1. The van der Waals surface area contributed by atoms with Crippen LogP contribution in [0.3, 0.4) is 0 Å². The molecule has 0 spiro atoms. The molecule has 0 saturated carbocycles. The Labute approximate surface area is 34.7 Å². The van der Waals surface area contributed by atoms with Gasteiger partial charge in [0, 0.05) is 9.35 Å². The highest BCUT2D eigenvalue weighted by atomic mass is 16.2. The molecule has 0 unspecified atom stereocenters. The molecule has 0 aromatic heterocycles. The fourth-order valence-electron chi connectivity index (χ4n) is 0.0645. The number of aliphatic hydroxyl groups excluding tert-OH is 1. The lowest BCUT2D eigenvalue weighted by molar-refractivity contribution is 0.303. The molecule has 0 aliphatic rings. The summed E-state index contributed by atoms with van der Waals surface area (Å²) in [6.45, 7) is 2.68. The van der Waals surface area contributed by atoms with Crippen LogP contribution in [0.5, 0.6) is 0 Å². The Morgan fingerprint density at radius 1 is 2.20 bits per heavy atom. The fraction of sp³-hybridized carbons (Fsp3) is 0.500. The Morgan fingerprint density at radius 2 is 2.80 bits per heavy atom. The quantitative estimate of drug-likeness (QED) is 0.474. The minimum Gasteiger partial charge on any atom is -0.396 e. The second-order valence-electron chi connectivity index (χ2n) is 0.566. The second kappa shape index (κ2) is 3.70. The molecular formula is C4H8O. The van der Waals surface area contributed by atoms with E-state index in [-0.39, 0.29) is 0 Å². The number of rotatable bonds is 2. The van der Waals surface area contributed by atoms with E-state index < -0.39 is 13.0 Å². The maximum Gasteiger partial charge on any atom is 0.0465 e. The van der Waals surface area contributed by atoms with Gasteiger partial charge in [0.25, 0.3) is 0 Å². The van der Waals surface area contributed by atoms with Gasteiger partial charge in [0.05, 0.1) is 0 Å². The number of hydrogen-bond acceptors (Lipinski definition) is 1. The lowest BCUT2D eigenvalue weighted by atomic mass is 10.5. The van der Waals surface area contributed by atoms with Gasteiger partial charge >= 0.3 is 0 Å². The molecule has 0 amide bonds. The molecule has 0 fully saturated rings. The van der Waals surface area contributed by atoms with Crippen LogP contribution in [0.15, 0.2) is 12.7 Å². The predicted molar refractivity (Wildman–Crippen MR) is 21.9 cm³/mol. The predicted octanol–water partition coefficient (Wildman–Crippen LogP) is 0.555. The van der Waals surface area contributed by atoms with Gasteiger partial charge in [0.1, 0.15) is 0 Å². The Balaban J connectivity index is 3.58. The van der Waals surface area contributed by atoms with Gasteiger partial charge in [-0.05, 0) is 6.37 Å². The molecule has 1 nitrogen and oxygen atoms in total. The van der Waals surface area contributed by atoms with Gasteiger partial charge in [0.15, 0.2) is 0 Å². The van der Waals surface area contributed by atoms with Crippen molar-refractivity contribution in [3.05, 3.63) is 12.7 Å². The van der Waals surface area contributed by atoms with Crippen molar-refractivity contribution in [2.24, 2.45) is 0 Å². The van der Waals surface area contributed by atoms with Crippen molar-refractivity contribution >= 4 is 0 Å². The van der Waals surface area contributed by atoms with Crippen molar-refractivity contribution < 1.29 is 7.85 Å². The highest BCUT2D eigenvalue weighted by Gasteiger charge is 1.62. The smallest absolute Gasteiger partial charge is 0.0465 e. The first-order valence-corrected chi connectivity index (χ1v) is 1.37. The maximum atomic E-state index is 8.15. The first-order chi connectivity index (χ1) is 3.12. The van der Waals surface area contributed by atoms with Gasteiger partial charge in [-0.3, -0.25) is 0 Å². The SMILES string of the molecule is [2H]C([2H])(C=C)CO. The van der Waals surface area contributed by atoms with E-state index in [1.54, 1.807) is 0 Å². The molecule has 5 heavy (non-hydrogen) atoms. The van der Waals surface area contributed by atoms with E-state index >= 15 is 0 Å². The van der Waals surface area contributed by atoms with Gasteiger partial charge in [-0.15, -0.1) is 6.58 Å². The summed E-state index contributed by atoms with van der Waals surface area (Å²) >= 11 is 0. The highest BCUT2D eigenvalue weighted by molar-refractivity contribution is 4.63. The first-order valence-electron chi connectivity index (χ1n) is 2.37. The topological polar surface area (TPSA) is 20.2 Å². The van der Waals surface area contributed by atoms with Crippen LogP contribution in [-0.2, 0) is 0 Å². The molecule has 1 N–H and O–H groups in total. The van der Waals surface area contributed by atoms with E-state index in [0.717, 1.165) is 6.08 Å². The zero-order valence-electron chi connectivity index (χ0n) is 4.94. The van der Waals surface area contributed by atoms with Crippen LogP contribution in [0, 0.1) is 0 Å². The summed E-state index contributed by atoms with van der Waals surface area (Å²) in [4.78, 5) is 0. The van der Waals surface area contributed by atoms with Crippen molar-refractivity contribution in [3.8, 4) is 0 Å². The lowest BCUT2D eigenvalue weighted by Crippen LogP contribution is -1.71. The molecule has 30 valence electrons. The third kappa shape index (κ3) is 3.70. The van der Waals surface area contributed by atoms with Crippen molar-refractivity contribution in [2.45, 2.75) is 6.37 Å². The largest absolute Gasteiger partial charge is 0.396 e. The van der Waals surface area contributed by atoms with Crippen molar-refractivity contribution in [1.82, 2.24) is 0 Å². The van der Waals surface area contributed by atoms with E-state index in [0.29, 0.717) is 0 Å². The first kappa shape index (κ1) is 1.98. The van der Waals surface area contributed by atoms with Gasteiger partial charge < -0.3 is 5.11 Å². The van der Waals surface area contributed by atoms with E-state index in [4.69, 9.17) is 7.85 Å². The molecule has 0 aliphatic carbocycles. The molecule has 0 radical (unpaired) electrons. The summed E-state index contributed by atoms with van der Waals surface area (Å²) in [5, 5.41) is 8.15. The zero-order chi connectivity index (χ0) is 5.91. The van der Waals surface area contributed by atoms with Crippen LogP contribution in [0.25, 0.3) is 0 Å².